The zero-order valence-corrected chi connectivity index (χ0v) is 32.3. The smallest absolute Gasteiger partial charge is 0.303 e. The topological polar surface area (TPSA) is 150 Å². The molecular formula is C45H67NO7. The van der Waals surface area contributed by atoms with Crippen LogP contribution in [0.2, 0.25) is 0 Å². The lowest BCUT2D eigenvalue weighted by Gasteiger charge is -2.37. The Morgan fingerprint density at radius 1 is 1.00 bits per heavy atom. The van der Waals surface area contributed by atoms with E-state index in [4.69, 9.17) is 0 Å². The molecule has 0 spiro atoms. The molecule has 8 nitrogen and oxygen atoms in total. The van der Waals surface area contributed by atoms with Gasteiger partial charge < -0.3 is 36.0 Å². The van der Waals surface area contributed by atoms with Gasteiger partial charge >= 0.3 is 5.97 Å². The number of fused-ring (bicyclic) bond motifs is 1. The Bertz CT molecular complexity index is 1460. The molecular weight excluding hydrogens is 666 g/mol. The molecule has 294 valence electrons. The number of aryl methyl sites for hydroxylation is 2. The number of allylic oxidation sites excluding steroid dienone is 2. The molecule has 2 aliphatic carbocycles. The monoisotopic (exact) mass is 733 g/mol. The molecule has 53 heavy (non-hydrogen) atoms. The highest BCUT2D eigenvalue weighted by Gasteiger charge is 2.37. The number of unbranched alkanes of at least 4 members (excludes halogenated alkanes) is 2. The van der Waals surface area contributed by atoms with Gasteiger partial charge in [-0.25, -0.2) is 0 Å². The van der Waals surface area contributed by atoms with Gasteiger partial charge in [-0.05, 0) is 122 Å². The number of nitrogens with one attached hydrogen (secondary N) is 1. The molecule has 1 fully saturated rings. The third-order valence-electron chi connectivity index (χ3n) is 11.8. The number of aliphatic hydroxyl groups excluding tert-OH is 3. The molecule has 0 radical (unpaired) electrons. The maximum Gasteiger partial charge on any atom is 0.303 e. The van der Waals surface area contributed by atoms with Gasteiger partial charge in [-0.3, -0.25) is 4.79 Å². The average Bonchev–Trinajstić information content (AvgIpc) is 3.58. The maximum absolute atomic E-state index is 11.9. The molecule has 4 rings (SSSR count). The van der Waals surface area contributed by atoms with Gasteiger partial charge in [-0.1, -0.05) is 94.0 Å². The second-order valence-electron chi connectivity index (χ2n) is 16.4. The van der Waals surface area contributed by atoms with Gasteiger partial charge in [0.05, 0.1) is 30.8 Å². The Morgan fingerprint density at radius 3 is 2.36 bits per heavy atom. The molecule has 1 saturated carbocycles. The first-order valence-corrected chi connectivity index (χ1v) is 20.3. The minimum atomic E-state index is -1.13. The number of hydrogen-bond acceptors (Lipinski definition) is 7. The number of phenols is 1. The fourth-order valence-electron chi connectivity index (χ4n) is 8.91. The minimum Gasteiger partial charge on any atom is -0.508 e. The molecule has 0 heterocycles. The van der Waals surface area contributed by atoms with Crippen molar-refractivity contribution in [3.05, 3.63) is 88.5 Å². The Kier molecular flexibility index (Phi) is 17.1. The Balaban J connectivity index is 1.75. The molecule has 5 atom stereocenters. The number of aliphatic carboxylic acids is 1. The number of carboxylic acids is 1. The maximum atomic E-state index is 11.9. The van der Waals surface area contributed by atoms with E-state index in [1.54, 1.807) is 12.1 Å². The highest BCUT2D eigenvalue weighted by Crippen LogP contribution is 2.46. The van der Waals surface area contributed by atoms with Gasteiger partial charge in [0, 0.05) is 19.0 Å². The van der Waals surface area contributed by atoms with E-state index in [-0.39, 0.29) is 49.1 Å². The van der Waals surface area contributed by atoms with Crippen molar-refractivity contribution in [2.24, 2.45) is 11.3 Å². The summed E-state index contributed by atoms with van der Waals surface area (Å²) in [7, 11) is 0. The molecule has 0 bridgehead atoms. The van der Waals surface area contributed by atoms with Crippen LogP contribution in [0, 0.1) is 11.3 Å². The van der Waals surface area contributed by atoms with Crippen LogP contribution in [0.25, 0.3) is 0 Å². The largest absolute Gasteiger partial charge is 0.508 e. The lowest BCUT2D eigenvalue weighted by atomic mass is 9.74. The van der Waals surface area contributed by atoms with Crippen LogP contribution >= 0.6 is 0 Å². The Labute approximate surface area is 318 Å². The lowest BCUT2D eigenvalue weighted by molar-refractivity contribution is -0.139. The van der Waals surface area contributed by atoms with Crippen LogP contribution in [0.1, 0.15) is 127 Å². The van der Waals surface area contributed by atoms with Crippen LogP contribution in [0.5, 0.6) is 5.75 Å². The van der Waals surface area contributed by atoms with E-state index < -0.39 is 23.8 Å². The van der Waals surface area contributed by atoms with E-state index in [2.05, 4.69) is 36.5 Å². The number of rotatable bonds is 20. The zero-order chi connectivity index (χ0) is 38.3. The second-order valence-corrected chi connectivity index (χ2v) is 16.4. The standard InChI is InChI=1S/C45H67NO7/c1-3-4-5-14-38(48)24-21-36-19-17-34-11-6-7-12-35(34)18-20-37(13-10-27-45(30-42(51)52)25-8-9-26-45)43(41(36)28-40(50)31-47)46-32-44(2,53)29-33-15-22-39(49)23-16-33/h6-7,11-12,15-16,21-24,37-38,40,43,46-50,53H,3-5,8-10,13-14,17-20,25-32H2,1-2H3,(H,51,52). The highest BCUT2D eigenvalue weighted by atomic mass is 16.4. The molecule has 0 amide bonds. The molecule has 2 aromatic carbocycles. The van der Waals surface area contributed by atoms with Crippen molar-refractivity contribution >= 4 is 5.97 Å². The van der Waals surface area contributed by atoms with Crippen LogP contribution in [0.4, 0.5) is 0 Å². The number of benzene rings is 2. The molecule has 0 aliphatic heterocycles. The molecule has 8 heteroatoms. The fraction of sp³-hybridized carbons (Fsp3) is 0.622. The molecule has 0 saturated heterocycles. The minimum absolute atomic E-state index is 0.0904. The number of phenolic OH excluding ortho intramolecular Hbond substituents is 1. The zero-order valence-electron chi connectivity index (χ0n) is 32.3. The van der Waals surface area contributed by atoms with E-state index >= 15 is 0 Å². The highest BCUT2D eigenvalue weighted by molar-refractivity contribution is 5.67. The van der Waals surface area contributed by atoms with Gasteiger partial charge in [0.2, 0.25) is 0 Å². The van der Waals surface area contributed by atoms with Crippen LogP contribution in [-0.2, 0) is 24.1 Å². The molecule has 2 aromatic rings. The summed E-state index contributed by atoms with van der Waals surface area (Å²) < 4.78 is 0. The third kappa shape index (κ3) is 14.0. The summed E-state index contributed by atoms with van der Waals surface area (Å²) in [5.41, 5.74) is 4.23. The van der Waals surface area contributed by atoms with Gasteiger partial charge in [0.15, 0.2) is 0 Å². The van der Waals surface area contributed by atoms with Crippen molar-refractivity contribution in [3.8, 4) is 5.75 Å². The van der Waals surface area contributed by atoms with Crippen LogP contribution in [0.3, 0.4) is 0 Å². The predicted octanol–water partition coefficient (Wildman–Crippen LogP) is 7.58. The first kappa shape index (κ1) is 42.7. The normalized spacial score (nSPS) is 21.6. The van der Waals surface area contributed by atoms with Crippen molar-refractivity contribution in [3.63, 3.8) is 0 Å². The van der Waals surface area contributed by atoms with E-state index in [9.17, 15) is 35.4 Å². The summed E-state index contributed by atoms with van der Waals surface area (Å²) in [6.45, 7) is 3.85. The van der Waals surface area contributed by atoms with Gasteiger partial charge in [0.25, 0.3) is 0 Å². The summed E-state index contributed by atoms with van der Waals surface area (Å²) >= 11 is 0. The van der Waals surface area contributed by atoms with E-state index in [1.807, 2.05) is 31.2 Å². The molecule has 0 aromatic heterocycles. The van der Waals surface area contributed by atoms with Crippen molar-refractivity contribution in [1.29, 1.82) is 0 Å². The molecule has 2 aliphatic rings. The average molecular weight is 734 g/mol. The summed E-state index contributed by atoms with van der Waals surface area (Å²) in [6.07, 6.45) is 16.8. The van der Waals surface area contributed by atoms with Crippen molar-refractivity contribution < 1.29 is 35.4 Å². The number of hydrogen-bond donors (Lipinski definition) is 7. The summed E-state index contributed by atoms with van der Waals surface area (Å²) in [4.78, 5) is 11.9. The first-order chi connectivity index (χ1) is 25.4. The SMILES string of the molecule is CCCCCC(O)C=CC1=C(CC(O)CO)C(NCC(C)(O)Cc2ccc(O)cc2)C(CCCC2(CC(=O)O)CCCC2)CCc2ccccc2CC1. The van der Waals surface area contributed by atoms with Crippen LogP contribution in [0.15, 0.2) is 71.8 Å². The van der Waals surface area contributed by atoms with E-state index in [1.165, 1.54) is 11.1 Å². The van der Waals surface area contributed by atoms with E-state index in [0.717, 1.165) is 100 Å². The number of carboxylic acid groups (broad SMARTS) is 1. The van der Waals surface area contributed by atoms with Crippen molar-refractivity contribution in [1.82, 2.24) is 5.32 Å². The number of aromatic hydroxyl groups is 1. The first-order valence-electron chi connectivity index (χ1n) is 20.3. The predicted molar refractivity (Wildman–Crippen MR) is 212 cm³/mol. The number of carbonyl (C=O) groups is 1. The summed E-state index contributed by atoms with van der Waals surface area (Å²) in [5.74, 6) is -0.463. The number of aliphatic hydroxyl groups is 4. The third-order valence-corrected chi connectivity index (χ3v) is 11.8. The summed E-state index contributed by atoms with van der Waals surface area (Å²) in [5, 5.41) is 67.4. The molecule has 5 unspecified atom stereocenters. The van der Waals surface area contributed by atoms with Gasteiger partial charge in [-0.2, -0.15) is 0 Å². The van der Waals surface area contributed by atoms with Crippen LogP contribution in [-0.4, -0.2) is 73.6 Å². The lowest BCUT2D eigenvalue weighted by Crippen LogP contribution is -2.48. The van der Waals surface area contributed by atoms with Crippen LogP contribution < -0.4 is 5.32 Å². The Hall–Kier alpha value is -3.01. The van der Waals surface area contributed by atoms with E-state index in [0.29, 0.717) is 19.3 Å². The second kappa shape index (κ2) is 21.2. The quantitative estimate of drug-likeness (QED) is 0.0689. The van der Waals surface area contributed by atoms with Crippen molar-refractivity contribution in [2.45, 2.75) is 153 Å². The van der Waals surface area contributed by atoms with Gasteiger partial charge in [0.1, 0.15) is 5.75 Å². The summed E-state index contributed by atoms with van der Waals surface area (Å²) in [6, 6.07) is 15.2. The van der Waals surface area contributed by atoms with Gasteiger partial charge in [-0.15, -0.1) is 0 Å². The molecule has 7 N–H and O–H groups in total. The Morgan fingerprint density at radius 2 is 1.70 bits per heavy atom. The van der Waals surface area contributed by atoms with Crippen molar-refractivity contribution in [2.75, 3.05) is 13.2 Å². The fourth-order valence-corrected chi connectivity index (χ4v) is 8.91.